The zero-order valence-corrected chi connectivity index (χ0v) is 21.5. The van der Waals surface area contributed by atoms with Gasteiger partial charge in [0.05, 0.1) is 25.0 Å². The predicted octanol–water partition coefficient (Wildman–Crippen LogP) is 6.52. The molecule has 2 rings (SSSR count). The van der Waals surface area contributed by atoms with E-state index < -0.39 is 22.8 Å². The number of unbranched alkanes of at least 4 members (excludes halogenated alkanes) is 3. The second-order valence-corrected chi connectivity index (χ2v) is 9.95. The van der Waals surface area contributed by atoms with Crippen LogP contribution in [0.15, 0.2) is 29.8 Å². The van der Waals surface area contributed by atoms with Crippen LogP contribution in [-0.4, -0.2) is 36.4 Å². The van der Waals surface area contributed by atoms with E-state index in [-0.39, 0.29) is 12.3 Å². The van der Waals surface area contributed by atoms with Crippen molar-refractivity contribution in [2.24, 2.45) is 16.7 Å². The standard InChI is InChI=1S/C28H42O6/c1-6-8-9-10-12-21(11-7-2)28(26(31)32)19-27(3,25(29)30)16-15-22(28)17-20-13-14-23(33-4)24(18-20)34-5/h13-15,18,21H,6-12,16-17,19H2,1-5H3,(H,29,30)(H,31,32). The third-order valence-electron chi connectivity index (χ3n) is 7.52. The molecule has 1 aliphatic rings. The lowest BCUT2D eigenvalue weighted by molar-refractivity contribution is -0.159. The Hall–Kier alpha value is -2.50. The molecule has 0 spiro atoms. The van der Waals surface area contributed by atoms with Crippen molar-refractivity contribution in [2.45, 2.75) is 85.0 Å². The fourth-order valence-corrected chi connectivity index (χ4v) is 5.53. The van der Waals surface area contributed by atoms with Gasteiger partial charge < -0.3 is 19.7 Å². The zero-order chi connectivity index (χ0) is 25.4. The van der Waals surface area contributed by atoms with Gasteiger partial charge in [-0.05, 0) is 62.6 Å². The minimum Gasteiger partial charge on any atom is -0.493 e. The molecule has 0 fully saturated rings. The second kappa shape index (κ2) is 12.3. The summed E-state index contributed by atoms with van der Waals surface area (Å²) in [7, 11) is 3.16. The van der Waals surface area contributed by atoms with Gasteiger partial charge in [0.15, 0.2) is 11.5 Å². The van der Waals surface area contributed by atoms with Crippen molar-refractivity contribution in [3.8, 4) is 11.5 Å². The first-order valence-electron chi connectivity index (χ1n) is 12.6. The number of rotatable bonds is 14. The van der Waals surface area contributed by atoms with E-state index in [0.717, 1.165) is 56.1 Å². The van der Waals surface area contributed by atoms with Gasteiger partial charge in [0.1, 0.15) is 0 Å². The van der Waals surface area contributed by atoms with Crippen LogP contribution in [-0.2, 0) is 16.0 Å². The van der Waals surface area contributed by atoms with Crippen LogP contribution in [0.25, 0.3) is 0 Å². The molecule has 2 N–H and O–H groups in total. The smallest absolute Gasteiger partial charge is 0.314 e. The molecular weight excluding hydrogens is 432 g/mol. The summed E-state index contributed by atoms with van der Waals surface area (Å²) in [5, 5.41) is 20.8. The summed E-state index contributed by atoms with van der Waals surface area (Å²) in [4.78, 5) is 25.4. The number of methoxy groups -OCH3 is 2. The summed E-state index contributed by atoms with van der Waals surface area (Å²) in [6, 6.07) is 5.64. The maximum atomic E-state index is 13.1. The molecule has 0 radical (unpaired) electrons. The van der Waals surface area contributed by atoms with E-state index >= 15 is 0 Å². The maximum Gasteiger partial charge on any atom is 0.314 e. The summed E-state index contributed by atoms with van der Waals surface area (Å²) in [5.41, 5.74) is -0.565. The number of aliphatic carboxylic acids is 2. The highest BCUT2D eigenvalue weighted by Gasteiger charge is 2.55. The second-order valence-electron chi connectivity index (χ2n) is 9.95. The Morgan fingerprint density at radius 2 is 1.68 bits per heavy atom. The molecule has 0 saturated heterocycles. The van der Waals surface area contributed by atoms with E-state index in [4.69, 9.17) is 9.47 Å². The normalized spacial score (nSPS) is 23.1. The van der Waals surface area contributed by atoms with E-state index in [1.54, 1.807) is 21.1 Å². The fourth-order valence-electron chi connectivity index (χ4n) is 5.53. The number of hydrogen-bond acceptors (Lipinski definition) is 4. The van der Waals surface area contributed by atoms with Crippen molar-refractivity contribution in [3.05, 3.63) is 35.4 Å². The van der Waals surface area contributed by atoms with E-state index in [1.807, 2.05) is 24.3 Å². The van der Waals surface area contributed by atoms with Crippen LogP contribution in [0.3, 0.4) is 0 Å². The molecule has 0 saturated carbocycles. The molecule has 1 aromatic rings. The van der Waals surface area contributed by atoms with Crippen LogP contribution < -0.4 is 9.47 Å². The monoisotopic (exact) mass is 474 g/mol. The topological polar surface area (TPSA) is 93.1 Å². The van der Waals surface area contributed by atoms with Crippen LogP contribution in [0.5, 0.6) is 11.5 Å². The first-order valence-corrected chi connectivity index (χ1v) is 12.6. The van der Waals surface area contributed by atoms with Gasteiger partial charge in [0.25, 0.3) is 0 Å². The molecule has 0 amide bonds. The molecule has 1 aromatic carbocycles. The van der Waals surface area contributed by atoms with E-state index in [9.17, 15) is 19.8 Å². The van der Waals surface area contributed by atoms with Gasteiger partial charge in [-0.2, -0.15) is 0 Å². The highest BCUT2D eigenvalue weighted by Crippen LogP contribution is 2.54. The molecule has 34 heavy (non-hydrogen) atoms. The Morgan fingerprint density at radius 3 is 2.24 bits per heavy atom. The lowest BCUT2D eigenvalue weighted by Crippen LogP contribution is -2.49. The summed E-state index contributed by atoms with van der Waals surface area (Å²) in [6.07, 6.45) is 9.46. The molecule has 0 heterocycles. The number of carbonyl (C=O) groups is 2. The number of benzene rings is 1. The number of carboxylic acids is 2. The number of ether oxygens (including phenoxy) is 2. The SMILES string of the molecule is CCCCCCC(CCC)C1(C(=O)O)CC(C)(C(=O)O)CC=C1Cc1ccc(OC)c(OC)c1. The van der Waals surface area contributed by atoms with Crippen molar-refractivity contribution in [3.63, 3.8) is 0 Å². The van der Waals surface area contributed by atoms with Crippen LogP contribution in [0.2, 0.25) is 0 Å². The quantitative estimate of drug-likeness (QED) is 0.236. The van der Waals surface area contributed by atoms with Gasteiger partial charge in [-0.15, -0.1) is 0 Å². The van der Waals surface area contributed by atoms with E-state index in [1.165, 1.54) is 0 Å². The summed E-state index contributed by atoms with van der Waals surface area (Å²) in [5.74, 6) is -0.734. The third-order valence-corrected chi connectivity index (χ3v) is 7.52. The van der Waals surface area contributed by atoms with Crippen LogP contribution in [0, 0.1) is 16.7 Å². The first-order chi connectivity index (χ1) is 16.2. The lowest BCUT2D eigenvalue weighted by Gasteiger charge is -2.47. The van der Waals surface area contributed by atoms with E-state index in [0.29, 0.717) is 24.3 Å². The van der Waals surface area contributed by atoms with Gasteiger partial charge in [-0.25, -0.2) is 0 Å². The average Bonchev–Trinajstić information content (AvgIpc) is 2.81. The number of hydrogen-bond donors (Lipinski definition) is 2. The van der Waals surface area contributed by atoms with Crippen molar-refractivity contribution in [2.75, 3.05) is 14.2 Å². The Morgan fingerprint density at radius 1 is 0.971 bits per heavy atom. The first kappa shape index (κ1) is 27.7. The molecule has 1 aliphatic carbocycles. The minimum absolute atomic E-state index is 0.113. The van der Waals surface area contributed by atoms with E-state index in [2.05, 4.69) is 13.8 Å². The molecule has 0 bridgehead atoms. The zero-order valence-electron chi connectivity index (χ0n) is 21.5. The van der Waals surface area contributed by atoms with Gasteiger partial charge in [0.2, 0.25) is 0 Å². The van der Waals surface area contributed by atoms with Gasteiger partial charge in [-0.1, -0.05) is 63.7 Å². The van der Waals surface area contributed by atoms with Crippen molar-refractivity contribution in [1.82, 2.24) is 0 Å². The largest absolute Gasteiger partial charge is 0.493 e. The Labute approximate surface area is 204 Å². The molecule has 0 aliphatic heterocycles. The van der Waals surface area contributed by atoms with Crippen molar-refractivity contribution < 1.29 is 29.3 Å². The summed E-state index contributed by atoms with van der Waals surface area (Å²) in [6.45, 7) is 5.92. The highest BCUT2D eigenvalue weighted by atomic mass is 16.5. The lowest BCUT2D eigenvalue weighted by atomic mass is 9.55. The molecule has 6 nitrogen and oxygen atoms in total. The average molecular weight is 475 g/mol. The third kappa shape index (κ3) is 5.94. The fraction of sp³-hybridized carbons (Fsp3) is 0.643. The van der Waals surface area contributed by atoms with Crippen molar-refractivity contribution in [1.29, 1.82) is 0 Å². The molecular formula is C28H42O6. The maximum absolute atomic E-state index is 13.1. The van der Waals surface area contributed by atoms with Crippen LogP contribution in [0.1, 0.15) is 84.1 Å². The van der Waals surface area contributed by atoms with Crippen molar-refractivity contribution >= 4 is 11.9 Å². The minimum atomic E-state index is -1.21. The molecule has 3 atom stereocenters. The number of allylic oxidation sites excluding steroid dienone is 1. The molecule has 0 aromatic heterocycles. The Bertz CT molecular complexity index is 876. The number of carboxylic acid groups (broad SMARTS) is 2. The van der Waals surface area contributed by atoms with Crippen LogP contribution in [0.4, 0.5) is 0 Å². The van der Waals surface area contributed by atoms with Gasteiger partial charge in [0, 0.05) is 0 Å². The predicted molar refractivity (Wildman–Crippen MR) is 134 cm³/mol. The molecule has 3 unspecified atom stereocenters. The Kier molecular flexibility index (Phi) is 10.0. The van der Waals surface area contributed by atoms with Crippen LogP contribution >= 0.6 is 0 Å². The van der Waals surface area contributed by atoms with Gasteiger partial charge in [-0.3, -0.25) is 9.59 Å². The van der Waals surface area contributed by atoms with Gasteiger partial charge >= 0.3 is 11.9 Å². The Balaban J connectivity index is 2.56. The summed E-state index contributed by atoms with van der Waals surface area (Å²) >= 11 is 0. The highest BCUT2D eigenvalue weighted by molar-refractivity contribution is 5.83. The summed E-state index contributed by atoms with van der Waals surface area (Å²) < 4.78 is 10.8. The molecule has 6 heteroatoms. The molecule has 190 valence electrons.